The predicted octanol–water partition coefficient (Wildman–Crippen LogP) is 4.12. The number of hydrogen-bond donors (Lipinski definition) is 2. The number of aliphatic hydroxyl groups is 1. The molecule has 0 aliphatic carbocycles. The predicted molar refractivity (Wildman–Crippen MR) is 88.3 cm³/mol. The molecule has 1 atom stereocenters. The van der Waals surface area contributed by atoms with E-state index in [1.807, 2.05) is 44.2 Å². The smallest absolute Gasteiger partial charge is 0.105 e. The molecule has 106 valence electrons. The number of hydrogen-bond acceptors (Lipinski definition) is 2. The van der Waals surface area contributed by atoms with E-state index >= 15 is 0 Å². The Morgan fingerprint density at radius 3 is 2.38 bits per heavy atom. The van der Waals surface area contributed by atoms with Gasteiger partial charge in [0.1, 0.15) is 6.10 Å². The molecule has 0 saturated heterocycles. The molecule has 3 rings (SSSR count). The number of rotatable bonds is 2. The van der Waals surface area contributed by atoms with Gasteiger partial charge in [-0.1, -0.05) is 48.5 Å². The molecule has 0 aliphatic heterocycles. The summed E-state index contributed by atoms with van der Waals surface area (Å²) in [5.74, 6) is 0. The number of anilines is 1. The van der Waals surface area contributed by atoms with Gasteiger partial charge in [-0.15, -0.1) is 0 Å². The van der Waals surface area contributed by atoms with Crippen molar-refractivity contribution in [1.82, 2.24) is 0 Å². The summed E-state index contributed by atoms with van der Waals surface area (Å²) in [5, 5.41) is 13.1. The first-order valence-corrected chi connectivity index (χ1v) is 7.10. The minimum Gasteiger partial charge on any atom is -0.399 e. The van der Waals surface area contributed by atoms with Crippen LogP contribution in [-0.4, -0.2) is 5.11 Å². The number of aryl methyl sites for hydroxylation is 2. The van der Waals surface area contributed by atoms with Crippen LogP contribution in [0.15, 0.2) is 54.6 Å². The molecule has 0 aliphatic rings. The van der Waals surface area contributed by atoms with Crippen molar-refractivity contribution in [2.24, 2.45) is 0 Å². The molecule has 3 aromatic carbocycles. The highest BCUT2D eigenvalue weighted by Crippen LogP contribution is 2.32. The maximum absolute atomic E-state index is 10.8. The van der Waals surface area contributed by atoms with Gasteiger partial charge >= 0.3 is 0 Å². The fourth-order valence-electron chi connectivity index (χ4n) is 2.76. The van der Waals surface area contributed by atoms with E-state index in [9.17, 15) is 5.11 Å². The van der Waals surface area contributed by atoms with Crippen LogP contribution < -0.4 is 5.73 Å². The molecule has 0 spiro atoms. The molecule has 0 aromatic heterocycles. The van der Waals surface area contributed by atoms with Crippen LogP contribution in [-0.2, 0) is 0 Å². The molecule has 21 heavy (non-hydrogen) atoms. The third-order valence-corrected chi connectivity index (χ3v) is 4.08. The Morgan fingerprint density at radius 1 is 0.905 bits per heavy atom. The Labute approximate surface area is 124 Å². The Hall–Kier alpha value is -2.32. The minimum atomic E-state index is -0.668. The van der Waals surface area contributed by atoms with Crippen LogP contribution in [0, 0.1) is 13.8 Å². The summed E-state index contributed by atoms with van der Waals surface area (Å²) in [7, 11) is 0. The fourth-order valence-corrected chi connectivity index (χ4v) is 2.76. The van der Waals surface area contributed by atoms with E-state index in [0.29, 0.717) is 5.69 Å². The SMILES string of the molecule is Cc1ccc([C@H](O)c2c(C)ccc3ccccc23)cc1N. The average Bonchev–Trinajstić information content (AvgIpc) is 2.49. The standard InChI is InChI=1S/C19H19NO/c1-12-7-10-15(11-17(12)20)19(21)18-13(2)8-9-14-5-3-4-6-16(14)18/h3-11,19,21H,20H2,1-2H3/t19-/m0/s1. The summed E-state index contributed by atoms with van der Waals surface area (Å²) in [6.07, 6.45) is -0.668. The van der Waals surface area contributed by atoms with Gasteiger partial charge in [0.2, 0.25) is 0 Å². The number of benzene rings is 3. The van der Waals surface area contributed by atoms with Gasteiger partial charge < -0.3 is 10.8 Å². The lowest BCUT2D eigenvalue weighted by Crippen LogP contribution is -2.04. The summed E-state index contributed by atoms with van der Waals surface area (Å²) in [5.41, 5.74) is 10.6. The number of fused-ring (bicyclic) bond motifs is 1. The summed E-state index contributed by atoms with van der Waals surface area (Å²) in [6.45, 7) is 4.00. The van der Waals surface area contributed by atoms with Crippen molar-refractivity contribution < 1.29 is 5.11 Å². The van der Waals surface area contributed by atoms with E-state index < -0.39 is 6.10 Å². The van der Waals surface area contributed by atoms with Gasteiger partial charge in [0.25, 0.3) is 0 Å². The topological polar surface area (TPSA) is 46.2 Å². The lowest BCUT2D eigenvalue weighted by Gasteiger charge is -2.18. The van der Waals surface area contributed by atoms with E-state index in [1.165, 1.54) is 0 Å². The maximum Gasteiger partial charge on any atom is 0.105 e. The largest absolute Gasteiger partial charge is 0.399 e. The van der Waals surface area contributed by atoms with Gasteiger partial charge in [-0.2, -0.15) is 0 Å². The minimum absolute atomic E-state index is 0.668. The Kier molecular flexibility index (Phi) is 3.40. The molecule has 0 saturated carbocycles. The van der Waals surface area contributed by atoms with Crippen molar-refractivity contribution in [3.8, 4) is 0 Å². The van der Waals surface area contributed by atoms with Crippen LogP contribution in [0.25, 0.3) is 10.8 Å². The molecule has 0 radical (unpaired) electrons. The van der Waals surface area contributed by atoms with Gasteiger partial charge in [0, 0.05) is 5.69 Å². The maximum atomic E-state index is 10.8. The molecule has 0 bridgehead atoms. The normalized spacial score (nSPS) is 12.5. The zero-order valence-corrected chi connectivity index (χ0v) is 12.3. The van der Waals surface area contributed by atoms with Crippen LogP contribution in [0.5, 0.6) is 0 Å². The van der Waals surface area contributed by atoms with Crippen LogP contribution in [0.4, 0.5) is 5.69 Å². The second kappa shape index (κ2) is 5.23. The number of aliphatic hydroxyl groups excluding tert-OH is 1. The van der Waals surface area contributed by atoms with Gasteiger partial charge in [-0.05, 0) is 52.9 Å². The first kappa shape index (κ1) is 13.7. The molecule has 2 heteroatoms. The lowest BCUT2D eigenvalue weighted by molar-refractivity contribution is 0.221. The Bertz CT molecular complexity index is 808. The quantitative estimate of drug-likeness (QED) is 0.692. The van der Waals surface area contributed by atoms with Crippen LogP contribution in [0.1, 0.15) is 28.4 Å². The van der Waals surface area contributed by atoms with Crippen molar-refractivity contribution in [3.05, 3.63) is 76.9 Å². The molecule has 0 amide bonds. The van der Waals surface area contributed by atoms with Crippen LogP contribution in [0.2, 0.25) is 0 Å². The van der Waals surface area contributed by atoms with Crippen LogP contribution in [0.3, 0.4) is 0 Å². The third-order valence-electron chi connectivity index (χ3n) is 4.08. The van der Waals surface area contributed by atoms with E-state index in [1.54, 1.807) is 0 Å². The third kappa shape index (κ3) is 2.39. The summed E-state index contributed by atoms with van der Waals surface area (Å²) >= 11 is 0. The van der Waals surface area contributed by atoms with E-state index in [4.69, 9.17) is 5.73 Å². The van der Waals surface area contributed by atoms with Crippen LogP contribution >= 0.6 is 0 Å². The fraction of sp³-hybridized carbons (Fsp3) is 0.158. The van der Waals surface area contributed by atoms with Crippen molar-refractivity contribution in [1.29, 1.82) is 0 Å². The molecule has 0 heterocycles. The molecule has 0 unspecified atom stereocenters. The monoisotopic (exact) mass is 277 g/mol. The van der Waals surface area contributed by atoms with Gasteiger partial charge in [-0.25, -0.2) is 0 Å². The Morgan fingerprint density at radius 2 is 1.62 bits per heavy atom. The van der Waals surface area contributed by atoms with Crippen molar-refractivity contribution in [2.45, 2.75) is 20.0 Å². The van der Waals surface area contributed by atoms with Crippen molar-refractivity contribution >= 4 is 16.5 Å². The van der Waals surface area contributed by atoms with E-state index in [2.05, 4.69) is 24.3 Å². The lowest BCUT2D eigenvalue weighted by atomic mass is 9.91. The molecule has 0 fully saturated rings. The van der Waals surface area contributed by atoms with Gasteiger partial charge in [0.15, 0.2) is 0 Å². The highest BCUT2D eigenvalue weighted by atomic mass is 16.3. The first-order chi connectivity index (χ1) is 10.1. The second-order valence-corrected chi connectivity index (χ2v) is 5.54. The first-order valence-electron chi connectivity index (χ1n) is 7.10. The van der Waals surface area contributed by atoms with Gasteiger partial charge in [-0.3, -0.25) is 0 Å². The summed E-state index contributed by atoms with van der Waals surface area (Å²) in [4.78, 5) is 0. The van der Waals surface area contributed by atoms with Crippen molar-refractivity contribution in [3.63, 3.8) is 0 Å². The molecule has 2 nitrogen and oxygen atoms in total. The number of nitrogen functional groups attached to an aromatic ring is 1. The average molecular weight is 277 g/mol. The summed E-state index contributed by atoms with van der Waals surface area (Å²) in [6, 6.07) is 18.0. The summed E-state index contributed by atoms with van der Waals surface area (Å²) < 4.78 is 0. The highest BCUT2D eigenvalue weighted by molar-refractivity contribution is 5.87. The zero-order valence-electron chi connectivity index (χ0n) is 12.3. The zero-order chi connectivity index (χ0) is 15.0. The van der Waals surface area contributed by atoms with Crippen molar-refractivity contribution in [2.75, 3.05) is 5.73 Å². The van der Waals surface area contributed by atoms with E-state index in [-0.39, 0.29) is 0 Å². The Balaban J connectivity index is 2.19. The molecular formula is C19H19NO. The van der Waals surface area contributed by atoms with E-state index in [0.717, 1.165) is 33.0 Å². The number of nitrogens with two attached hydrogens (primary N) is 1. The van der Waals surface area contributed by atoms with Gasteiger partial charge in [0.05, 0.1) is 0 Å². The molecule has 3 N–H and O–H groups in total. The molecular weight excluding hydrogens is 258 g/mol. The second-order valence-electron chi connectivity index (χ2n) is 5.54. The molecule has 3 aromatic rings. The highest BCUT2D eigenvalue weighted by Gasteiger charge is 2.16.